The highest BCUT2D eigenvalue weighted by molar-refractivity contribution is 5.78. The summed E-state index contributed by atoms with van der Waals surface area (Å²) in [4.78, 5) is 14.8. The van der Waals surface area contributed by atoms with Gasteiger partial charge in [-0.05, 0) is 41.7 Å². The van der Waals surface area contributed by atoms with E-state index in [9.17, 15) is 4.79 Å². The zero-order chi connectivity index (χ0) is 18.5. The smallest absolute Gasteiger partial charge is 0.223 e. The SMILES string of the molecule is C=CCCC(=O)N1CCc2cc(OC)c(OC)cc2[C@@H]1c1ccccc1. The van der Waals surface area contributed by atoms with E-state index in [0.29, 0.717) is 25.1 Å². The number of nitrogens with zero attached hydrogens (tertiary/aromatic N) is 1. The molecule has 1 amide bonds. The van der Waals surface area contributed by atoms with E-state index in [1.807, 2.05) is 35.2 Å². The zero-order valence-electron chi connectivity index (χ0n) is 15.4. The first-order chi connectivity index (χ1) is 12.7. The van der Waals surface area contributed by atoms with E-state index in [1.54, 1.807) is 20.3 Å². The summed E-state index contributed by atoms with van der Waals surface area (Å²) in [7, 11) is 3.28. The number of ether oxygens (including phenoxy) is 2. The Balaban J connectivity index is 2.08. The van der Waals surface area contributed by atoms with Crippen molar-refractivity contribution < 1.29 is 14.3 Å². The summed E-state index contributed by atoms with van der Waals surface area (Å²) in [5, 5.41) is 0. The normalized spacial score (nSPS) is 15.9. The summed E-state index contributed by atoms with van der Waals surface area (Å²) in [6, 6.07) is 14.1. The van der Waals surface area contributed by atoms with Crippen LogP contribution in [0.4, 0.5) is 0 Å². The maximum absolute atomic E-state index is 12.9. The molecule has 0 saturated heterocycles. The molecule has 0 aliphatic carbocycles. The topological polar surface area (TPSA) is 38.8 Å². The van der Waals surface area contributed by atoms with Crippen LogP contribution >= 0.6 is 0 Å². The Morgan fingerprint density at radius 2 is 1.88 bits per heavy atom. The Morgan fingerprint density at radius 3 is 2.54 bits per heavy atom. The van der Waals surface area contributed by atoms with Crippen LogP contribution in [0.3, 0.4) is 0 Å². The van der Waals surface area contributed by atoms with E-state index in [1.165, 1.54) is 5.56 Å². The molecule has 2 aromatic carbocycles. The highest BCUT2D eigenvalue weighted by Gasteiger charge is 2.32. The van der Waals surface area contributed by atoms with E-state index in [4.69, 9.17) is 9.47 Å². The maximum Gasteiger partial charge on any atom is 0.223 e. The summed E-state index contributed by atoms with van der Waals surface area (Å²) in [6.45, 7) is 4.42. The van der Waals surface area contributed by atoms with Crippen molar-refractivity contribution >= 4 is 5.91 Å². The molecule has 0 aromatic heterocycles. The lowest BCUT2D eigenvalue weighted by Gasteiger charge is -2.38. The lowest BCUT2D eigenvalue weighted by Crippen LogP contribution is -2.40. The first-order valence-corrected chi connectivity index (χ1v) is 8.89. The van der Waals surface area contributed by atoms with Crippen LogP contribution in [0, 0.1) is 0 Å². The number of allylic oxidation sites excluding steroid dienone is 1. The molecule has 0 saturated carbocycles. The maximum atomic E-state index is 12.9. The van der Waals surface area contributed by atoms with Crippen molar-refractivity contribution in [1.29, 1.82) is 0 Å². The number of rotatable bonds is 6. The van der Waals surface area contributed by atoms with E-state index in [2.05, 4.69) is 18.7 Å². The number of carbonyl (C=O) groups excluding carboxylic acids is 1. The lowest BCUT2D eigenvalue weighted by atomic mass is 9.87. The van der Waals surface area contributed by atoms with Gasteiger partial charge in [-0.15, -0.1) is 6.58 Å². The number of benzene rings is 2. The molecule has 0 N–H and O–H groups in total. The predicted molar refractivity (Wildman–Crippen MR) is 103 cm³/mol. The summed E-state index contributed by atoms with van der Waals surface area (Å²) in [5.41, 5.74) is 3.41. The minimum Gasteiger partial charge on any atom is -0.493 e. The molecular weight excluding hydrogens is 326 g/mol. The van der Waals surface area contributed by atoms with Crippen LogP contribution in [-0.4, -0.2) is 31.6 Å². The van der Waals surface area contributed by atoms with E-state index < -0.39 is 0 Å². The van der Waals surface area contributed by atoms with Gasteiger partial charge >= 0.3 is 0 Å². The van der Waals surface area contributed by atoms with Crippen LogP contribution in [-0.2, 0) is 11.2 Å². The quantitative estimate of drug-likeness (QED) is 0.734. The van der Waals surface area contributed by atoms with Crippen LogP contribution in [0.1, 0.15) is 35.6 Å². The minimum absolute atomic E-state index is 0.114. The highest BCUT2D eigenvalue weighted by Crippen LogP contribution is 2.41. The molecule has 1 aliphatic rings. The van der Waals surface area contributed by atoms with Crippen LogP contribution in [0.25, 0.3) is 0 Å². The Hall–Kier alpha value is -2.75. The predicted octanol–water partition coefficient (Wildman–Crippen LogP) is 4.14. The van der Waals surface area contributed by atoms with Crippen molar-refractivity contribution in [2.45, 2.75) is 25.3 Å². The monoisotopic (exact) mass is 351 g/mol. The molecule has 1 heterocycles. The molecule has 0 unspecified atom stereocenters. The summed E-state index contributed by atoms with van der Waals surface area (Å²) < 4.78 is 11.0. The van der Waals surface area contributed by atoms with Crippen molar-refractivity contribution in [3.05, 3.63) is 71.8 Å². The first-order valence-electron chi connectivity index (χ1n) is 8.89. The van der Waals surface area contributed by atoms with E-state index in [-0.39, 0.29) is 11.9 Å². The van der Waals surface area contributed by atoms with Gasteiger partial charge in [0, 0.05) is 13.0 Å². The molecule has 1 aliphatic heterocycles. The molecule has 0 spiro atoms. The summed E-state index contributed by atoms with van der Waals surface area (Å²) in [5.74, 6) is 1.57. The molecule has 1 atom stereocenters. The number of carbonyl (C=O) groups is 1. The Labute approximate surface area is 155 Å². The highest BCUT2D eigenvalue weighted by atomic mass is 16.5. The molecule has 0 fully saturated rings. The standard InChI is InChI=1S/C22H25NO3/c1-4-5-11-21(24)23-13-12-17-14-19(25-2)20(26-3)15-18(17)22(23)16-9-7-6-8-10-16/h4,6-10,14-15,22H,1,5,11-13H2,2-3H3/t22-/m0/s1. The third-order valence-corrected chi connectivity index (χ3v) is 4.87. The van der Waals surface area contributed by atoms with Gasteiger partial charge in [0.2, 0.25) is 5.91 Å². The van der Waals surface area contributed by atoms with Gasteiger partial charge in [-0.2, -0.15) is 0 Å². The fourth-order valence-corrected chi connectivity index (χ4v) is 3.58. The average Bonchev–Trinajstić information content (AvgIpc) is 2.70. The van der Waals surface area contributed by atoms with Crippen LogP contribution in [0.5, 0.6) is 11.5 Å². The zero-order valence-corrected chi connectivity index (χ0v) is 15.4. The van der Waals surface area contributed by atoms with Crippen LogP contribution in [0.2, 0.25) is 0 Å². The van der Waals surface area contributed by atoms with Gasteiger partial charge in [-0.1, -0.05) is 36.4 Å². The van der Waals surface area contributed by atoms with Crippen molar-refractivity contribution in [1.82, 2.24) is 4.90 Å². The van der Waals surface area contributed by atoms with E-state index in [0.717, 1.165) is 23.3 Å². The van der Waals surface area contributed by atoms with Gasteiger partial charge in [0.1, 0.15) is 0 Å². The van der Waals surface area contributed by atoms with Crippen molar-refractivity contribution in [3.8, 4) is 11.5 Å². The number of amides is 1. The van der Waals surface area contributed by atoms with Gasteiger partial charge in [-0.25, -0.2) is 0 Å². The van der Waals surface area contributed by atoms with E-state index >= 15 is 0 Å². The molecule has 0 radical (unpaired) electrons. The fourth-order valence-electron chi connectivity index (χ4n) is 3.58. The minimum atomic E-state index is -0.114. The molecule has 26 heavy (non-hydrogen) atoms. The summed E-state index contributed by atoms with van der Waals surface area (Å²) >= 11 is 0. The second kappa shape index (κ2) is 8.09. The van der Waals surface area contributed by atoms with Gasteiger partial charge in [-0.3, -0.25) is 4.79 Å². The molecule has 4 heteroatoms. The molecule has 3 rings (SSSR count). The number of methoxy groups -OCH3 is 2. The Kier molecular flexibility index (Phi) is 5.61. The van der Waals surface area contributed by atoms with Gasteiger partial charge in [0.25, 0.3) is 0 Å². The number of hydrogen-bond donors (Lipinski definition) is 0. The molecule has 2 aromatic rings. The fraction of sp³-hybridized carbons (Fsp3) is 0.318. The van der Waals surface area contributed by atoms with Gasteiger partial charge in [0.05, 0.1) is 20.3 Å². The van der Waals surface area contributed by atoms with Crippen LogP contribution in [0.15, 0.2) is 55.1 Å². The van der Waals surface area contributed by atoms with Crippen LogP contribution < -0.4 is 9.47 Å². The third-order valence-electron chi connectivity index (χ3n) is 4.87. The third kappa shape index (κ3) is 3.45. The van der Waals surface area contributed by atoms with Crippen molar-refractivity contribution in [3.63, 3.8) is 0 Å². The largest absolute Gasteiger partial charge is 0.493 e. The molecule has 4 nitrogen and oxygen atoms in total. The van der Waals surface area contributed by atoms with Crippen molar-refractivity contribution in [2.75, 3.05) is 20.8 Å². The Morgan fingerprint density at radius 1 is 1.19 bits per heavy atom. The molecule has 0 bridgehead atoms. The molecular formula is C22H25NO3. The molecule has 136 valence electrons. The van der Waals surface area contributed by atoms with Gasteiger partial charge < -0.3 is 14.4 Å². The first kappa shape index (κ1) is 18.1. The Bertz CT molecular complexity index is 785. The van der Waals surface area contributed by atoms with Gasteiger partial charge in [0.15, 0.2) is 11.5 Å². The number of fused-ring (bicyclic) bond motifs is 1. The van der Waals surface area contributed by atoms with Crippen molar-refractivity contribution in [2.24, 2.45) is 0 Å². The lowest BCUT2D eigenvalue weighted by molar-refractivity contribution is -0.133. The summed E-state index contributed by atoms with van der Waals surface area (Å²) in [6.07, 6.45) is 3.77. The average molecular weight is 351 g/mol. The second-order valence-corrected chi connectivity index (χ2v) is 6.38. The number of hydrogen-bond acceptors (Lipinski definition) is 3. The second-order valence-electron chi connectivity index (χ2n) is 6.38.